The molecule has 0 aliphatic heterocycles. The van der Waals surface area contributed by atoms with Crippen molar-refractivity contribution in [2.75, 3.05) is 13.7 Å². The third-order valence-corrected chi connectivity index (χ3v) is 2.41. The van der Waals surface area contributed by atoms with Crippen molar-refractivity contribution in [3.8, 4) is 0 Å². The zero-order valence-electron chi connectivity index (χ0n) is 8.08. The monoisotopic (exact) mass is 185 g/mol. The van der Waals surface area contributed by atoms with E-state index in [9.17, 15) is 9.59 Å². The number of hydrogen-bond donors (Lipinski definition) is 0. The minimum Gasteiger partial charge on any atom is -0.453 e. The van der Waals surface area contributed by atoms with Gasteiger partial charge in [-0.1, -0.05) is 0 Å². The van der Waals surface area contributed by atoms with Gasteiger partial charge in [-0.25, -0.2) is 4.79 Å². The minimum atomic E-state index is -0.331. The van der Waals surface area contributed by atoms with E-state index in [0.717, 1.165) is 6.42 Å². The standard InChI is InChI=1S/C9H15NO3/c1-3-10(9(12)13-2)7-4-5-8(11)6-7/h7H,3-6H2,1-2H3. The molecule has 0 saturated heterocycles. The van der Waals surface area contributed by atoms with E-state index < -0.39 is 0 Å². The number of rotatable bonds is 2. The summed E-state index contributed by atoms with van der Waals surface area (Å²) in [6.45, 7) is 2.49. The Bertz CT molecular complexity index is 215. The Morgan fingerprint density at radius 2 is 2.38 bits per heavy atom. The van der Waals surface area contributed by atoms with Crippen molar-refractivity contribution in [2.45, 2.75) is 32.2 Å². The van der Waals surface area contributed by atoms with E-state index in [1.165, 1.54) is 7.11 Å². The van der Waals surface area contributed by atoms with Crippen molar-refractivity contribution in [3.63, 3.8) is 0 Å². The van der Waals surface area contributed by atoms with Crippen molar-refractivity contribution in [1.82, 2.24) is 4.90 Å². The lowest BCUT2D eigenvalue weighted by atomic mass is 10.2. The van der Waals surface area contributed by atoms with Gasteiger partial charge in [0.25, 0.3) is 0 Å². The van der Waals surface area contributed by atoms with Crippen molar-refractivity contribution in [1.29, 1.82) is 0 Å². The molecule has 0 N–H and O–H groups in total. The molecule has 0 heterocycles. The summed E-state index contributed by atoms with van der Waals surface area (Å²) in [4.78, 5) is 23.9. The Labute approximate surface area is 77.8 Å². The van der Waals surface area contributed by atoms with Gasteiger partial charge in [0.2, 0.25) is 0 Å². The van der Waals surface area contributed by atoms with Crippen LogP contribution in [0.5, 0.6) is 0 Å². The Hall–Kier alpha value is -1.06. The van der Waals surface area contributed by atoms with E-state index in [2.05, 4.69) is 4.74 Å². The lowest BCUT2D eigenvalue weighted by molar-refractivity contribution is -0.117. The lowest BCUT2D eigenvalue weighted by Gasteiger charge is -2.25. The summed E-state index contributed by atoms with van der Waals surface area (Å²) < 4.78 is 4.63. The van der Waals surface area contributed by atoms with Crippen LogP contribution in [-0.2, 0) is 9.53 Å². The quantitative estimate of drug-likeness (QED) is 0.649. The number of hydrogen-bond acceptors (Lipinski definition) is 3. The third-order valence-electron chi connectivity index (χ3n) is 2.41. The van der Waals surface area contributed by atoms with Gasteiger partial charge >= 0.3 is 6.09 Å². The molecule has 1 fully saturated rings. The molecular formula is C9H15NO3. The van der Waals surface area contributed by atoms with Crippen molar-refractivity contribution in [3.05, 3.63) is 0 Å². The summed E-state index contributed by atoms with van der Waals surface area (Å²) >= 11 is 0. The Morgan fingerprint density at radius 1 is 1.69 bits per heavy atom. The molecule has 0 aromatic carbocycles. The number of methoxy groups -OCH3 is 1. The van der Waals surface area contributed by atoms with E-state index in [1.807, 2.05) is 6.92 Å². The number of ketones is 1. The summed E-state index contributed by atoms with van der Waals surface area (Å²) in [6, 6.07) is 0.0601. The van der Waals surface area contributed by atoms with Crippen LogP contribution in [0.3, 0.4) is 0 Å². The SMILES string of the molecule is CCN(C(=O)OC)C1CCC(=O)C1. The first-order chi connectivity index (χ1) is 6.19. The van der Waals surface area contributed by atoms with Crippen molar-refractivity contribution >= 4 is 11.9 Å². The second-order valence-corrected chi connectivity index (χ2v) is 3.19. The number of ether oxygens (including phenoxy) is 1. The van der Waals surface area contributed by atoms with Crippen LogP contribution in [0.15, 0.2) is 0 Å². The van der Waals surface area contributed by atoms with Crippen LogP contribution in [0.1, 0.15) is 26.2 Å². The highest BCUT2D eigenvalue weighted by atomic mass is 16.5. The first-order valence-corrected chi connectivity index (χ1v) is 4.55. The van der Waals surface area contributed by atoms with Crippen LogP contribution in [0.4, 0.5) is 4.79 Å². The lowest BCUT2D eigenvalue weighted by Crippen LogP contribution is -2.38. The first kappa shape index (κ1) is 10.0. The predicted octanol–water partition coefficient (Wildman–Crippen LogP) is 1.20. The molecular weight excluding hydrogens is 170 g/mol. The van der Waals surface area contributed by atoms with Gasteiger partial charge in [-0.3, -0.25) is 4.79 Å². The number of carbonyl (C=O) groups excluding carboxylic acids is 2. The van der Waals surface area contributed by atoms with Crippen LogP contribution >= 0.6 is 0 Å². The van der Waals surface area contributed by atoms with Gasteiger partial charge in [0.15, 0.2) is 0 Å². The minimum absolute atomic E-state index is 0.0601. The van der Waals surface area contributed by atoms with Crippen molar-refractivity contribution in [2.24, 2.45) is 0 Å². The normalized spacial score (nSPS) is 21.7. The smallest absolute Gasteiger partial charge is 0.409 e. The average molecular weight is 185 g/mol. The van der Waals surface area contributed by atoms with Gasteiger partial charge in [-0.2, -0.15) is 0 Å². The molecule has 1 unspecified atom stereocenters. The molecule has 0 bridgehead atoms. The molecule has 1 amide bonds. The molecule has 1 saturated carbocycles. The molecule has 0 spiro atoms. The third kappa shape index (κ3) is 2.20. The Balaban J connectivity index is 2.56. The molecule has 1 aliphatic carbocycles. The molecule has 0 aromatic rings. The number of carbonyl (C=O) groups is 2. The topological polar surface area (TPSA) is 46.6 Å². The summed E-state index contributed by atoms with van der Waals surface area (Å²) in [6.07, 6.45) is 1.53. The molecule has 1 atom stereocenters. The Kier molecular flexibility index (Phi) is 3.28. The number of amides is 1. The molecule has 1 aliphatic rings. The summed E-state index contributed by atoms with van der Waals surface area (Å²) in [5.41, 5.74) is 0. The van der Waals surface area contributed by atoms with Gasteiger partial charge in [0.1, 0.15) is 5.78 Å². The fourth-order valence-electron chi connectivity index (χ4n) is 1.71. The fourth-order valence-corrected chi connectivity index (χ4v) is 1.71. The summed E-state index contributed by atoms with van der Waals surface area (Å²) in [7, 11) is 1.36. The zero-order valence-corrected chi connectivity index (χ0v) is 8.08. The van der Waals surface area contributed by atoms with E-state index in [1.54, 1.807) is 4.90 Å². The van der Waals surface area contributed by atoms with Crippen LogP contribution in [0.25, 0.3) is 0 Å². The van der Waals surface area contributed by atoms with E-state index >= 15 is 0 Å². The maximum absolute atomic E-state index is 11.2. The second kappa shape index (κ2) is 4.25. The van der Waals surface area contributed by atoms with Crippen LogP contribution in [0, 0.1) is 0 Å². The van der Waals surface area contributed by atoms with Crippen molar-refractivity contribution < 1.29 is 14.3 Å². The highest BCUT2D eigenvalue weighted by Crippen LogP contribution is 2.20. The molecule has 74 valence electrons. The predicted molar refractivity (Wildman–Crippen MR) is 47.4 cm³/mol. The summed E-state index contributed by atoms with van der Waals surface area (Å²) in [5.74, 6) is 0.243. The largest absolute Gasteiger partial charge is 0.453 e. The van der Waals surface area contributed by atoms with Crippen LogP contribution in [0.2, 0.25) is 0 Å². The zero-order chi connectivity index (χ0) is 9.84. The second-order valence-electron chi connectivity index (χ2n) is 3.19. The first-order valence-electron chi connectivity index (χ1n) is 4.55. The van der Waals surface area contributed by atoms with Gasteiger partial charge in [-0.05, 0) is 13.3 Å². The highest BCUT2D eigenvalue weighted by molar-refractivity contribution is 5.82. The maximum atomic E-state index is 11.2. The molecule has 1 rings (SSSR count). The van der Waals surface area contributed by atoms with E-state index in [0.29, 0.717) is 19.4 Å². The molecule has 4 nitrogen and oxygen atoms in total. The van der Waals surface area contributed by atoms with E-state index in [4.69, 9.17) is 0 Å². The van der Waals surface area contributed by atoms with Gasteiger partial charge < -0.3 is 9.64 Å². The van der Waals surface area contributed by atoms with Gasteiger partial charge in [0, 0.05) is 25.4 Å². The maximum Gasteiger partial charge on any atom is 0.409 e. The van der Waals surface area contributed by atoms with Crippen LogP contribution < -0.4 is 0 Å². The van der Waals surface area contributed by atoms with Gasteiger partial charge in [0.05, 0.1) is 7.11 Å². The number of Topliss-reactive ketones (excluding diaryl/α,β-unsaturated/α-hetero) is 1. The van der Waals surface area contributed by atoms with Crippen LogP contribution in [-0.4, -0.2) is 36.5 Å². The van der Waals surface area contributed by atoms with Gasteiger partial charge in [-0.15, -0.1) is 0 Å². The molecule has 4 heteroatoms. The fraction of sp³-hybridized carbons (Fsp3) is 0.778. The molecule has 0 radical (unpaired) electrons. The molecule has 0 aromatic heterocycles. The average Bonchev–Trinajstić information content (AvgIpc) is 2.53. The van der Waals surface area contributed by atoms with E-state index in [-0.39, 0.29) is 17.9 Å². The number of nitrogens with zero attached hydrogens (tertiary/aromatic N) is 1. The highest BCUT2D eigenvalue weighted by Gasteiger charge is 2.30. The summed E-state index contributed by atoms with van der Waals surface area (Å²) in [5, 5.41) is 0. The Morgan fingerprint density at radius 3 is 2.77 bits per heavy atom. The molecule has 13 heavy (non-hydrogen) atoms.